The highest BCUT2D eigenvalue weighted by atomic mass is 32.1. The number of hydrogen-bond acceptors (Lipinski definition) is 4. The molecular weight excluding hydrogens is 312 g/mol. The molecule has 0 bridgehead atoms. The number of anilines is 1. The molecule has 0 radical (unpaired) electrons. The molecule has 0 heterocycles. The predicted octanol–water partition coefficient (Wildman–Crippen LogP) is 3.14. The molecule has 120 valence electrons. The zero-order chi connectivity index (χ0) is 16.8. The Labute approximate surface area is 140 Å². The van der Waals surface area contributed by atoms with Crippen molar-refractivity contribution in [3.63, 3.8) is 0 Å². The molecule has 0 aliphatic carbocycles. The largest absolute Gasteiger partial charge is 0.497 e. The quantitative estimate of drug-likeness (QED) is 0.844. The highest BCUT2D eigenvalue weighted by Crippen LogP contribution is 2.22. The van der Waals surface area contributed by atoms with E-state index in [4.69, 9.17) is 21.7 Å². The molecule has 0 fully saturated rings. The van der Waals surface area contributed by atoms with Crippen molar-refractivity contribution in [2.75, 3.05) is 19.5 Å². The van der Waals surface area contributed by atoms with Crippen LogP contribution in [0.3, 0.4) is 0 Å². The summed E-state index contributed by atoms with van der Waals surface area (Å²) in [7, 11) is 3.06. The monoisotopic (exact) mass is 330 g/mol. The van der Waals surface area contributed by atoms with Crippen LogP contribution in [0.5, 0.6) is 11.5 Å². The Morgan fingerprint density at radius 1 is 1.04 bits per heavy atom. The van der Waals surface area contributed by atoms with Crippen LogP contribution in [-0.4, -0.2) is 25.2 Å². The summed E-state index contributed by atoms with van der Waals surface area (Å²) in [5.41, 5.74) is 2.31. The second-order valence-corrected chi connectivity index (χ2v) is 5.29. The normalized spacial score (nSPS) is 9.87. The fraction of sp³-hybridized carbons (Fsp3) is 0.176. The van der Waals surface area contributed by atoms with Crippen LogP contribution >= 0.6 is 12.2 Å². The number of ether oxygens (including phenoxy) is 2. The molecule has 0 saturated heterocycles. The van der Waals surface area contributed by atoms with Gasteiger partial charge in [-0.05, 0) is 49.0 Å². The Kier molecular flexibility index (Phi) is 5.54. The standard InChI is InChI=1S/C17H18N2O3S/c1-11-5-4-6-13(7-11)18-17(23)19-16(20)12-8-14(21-2)10-15(9-12)22-3/h4-10H,1-3H3,(H2,18,19,20,23). The van der Waals surface area contributed by atoms with E-state index in [9.17, 15) is 4.79 Å². The lowest BCUT2D eigenvalue weighted by Gasteiger charge is -2.11. The summed E-state index contributed by atoms with van der Waals surface area (Å²) in [5, 5.41) is 5.84. The third-order valence-corrected chi connectivity index (χ3v) is 3.32. The van der Waals surface area contributed by atoms with Gasteiger partial charge in [-0.3, -0.25) is 10.1 Å². The van der Waals surface area contributed by atoms with Gasteiger partial charge in [0.15, 0.2) is 5.11 Å². The highest BCUT2D eigenvalue weighted by Gasteiger charge is 2.11. The molecule has 0 atom stereocenters. The van der Waals surface area contributed by atoms with Gasteiger partial charge in [-0.25, -0.2) is 0 Å². The van der Waals surface area contributed by atoms with E-state index in [0.29, 0.717) is 17.1 Å². The Morgan fingerprint density at radius 2 is 1.70 bits per heavy atom. The van der Waals surface area contributed by atoms with Gasteiger partial charge in [0, 0.05) is 17.3 Å². The molecule has 2 aromatic carbocycles. The van der Waals surface area contributed by atoms with Gasteiger partial charge in [-0.2, -0.15) is 0 Å². The summed E-state index contributed by atoms with van der Waals surface area (Å²) in [5.74, 6) is 0.728. The lowest BCUT2D eigenvalue weighted by atomic mass is 10.2. The summed E-state index contributed by atoms with van der Waals surface area (Å²) in [6.07, 6.45) is 0. The minimum Gasteiger partial charge on any atom is -0.497 e. The number of hydrogen-bond donors (Lipinski definition) is 2. The number of aryl methyl sites for hydroxylation is 1. The van der Waals surface area contributed by atoms with Crippen LogP contribution in [-0.2, 0) is 0 Å². The second-order valence-electron chi connectivity index (χ2n) is 4.88. The lowest BCUT2D eigenvalue weighted by Crippen LogP contribution is -2.34. The zero-order valence-corrected chi connectivity index (χ0v) is 14.0. The first kappa shape index (κ1) is 16.8. The van der Waals surface area contributed by atoms with Gasteiger partial charge in [0.25, 0.3) is 5.91 Å². The zero-order valence-electron chi connectivity index (χ0n) is 13.2. The molecule has 0 aliphatic heterocycles. The molecule has 0 aromatic heterocycles. The molecule has 2 N–H and O–H groups in total. The molecular formula is C17H18N2O3S. The fourth-order valence-electron chi connectivity index (χ4n) is 2.00. The number of rotatable bonds is 4. The number of amides is 1. The van der Waals surface area contributed by atoms with Crippen LogP contribution in [0.25, 0.3) is 0 Å². The van der Waals surface area contributed by atoms with E-state index in [1.807, 2.05) is 31.2 Å². The van der Waals surface area contributed by atoms with Crippen molar-refractivity contribution in [1.82, 2.24) is 5.32 Å². The van der Waals surface area contributed by atoms with Crippen LogP contribution in [0.1, 0.15) is 15.9 Å². The van der Waals surface area contributed by atoms with Crippen molar-refractivity contribution in [3.05, 3.63) is 53.6 Å². The van der Waals surface area contributed by atoms with Gasteiger partial charge >= 0.3 is 0 Å². The molecule has 0 saturated carbocycles. The van der Waals surface area contributed by atoms with E-state index in [2.05, 4.69) is 10.6 Å². The topological polar surface area (TPSA) is 59.6 Å². The second kappa shape index (κ2) is 7.60. The van der Waals surface area contributed by atoms with Crippen molar-refractivity contribution >= 4 is 28.9 Å². The third kappa shape index (κ3) is 4.69. The van der Waals surface area contributed by atoms with Gasteiger partial charge in [-0.1, -0.05) is 12.1 Å². The molecule has 2 aromatic rings. The van der Waals surface area contributed by atoms with Crippen LogP contribution in [0.4, 0.5) is 5.69 Å². The maximum atomic E-state index is 12.3. The van der Waals surface area contributed by atoms with Gasteiger partial charge < -0.3 is 14.8 Å². The van der Waals surface area contributed by atoms with Gasteiger partial charge in [-0.15, -0.1) is 0 Å². The van der Waals surface area contributed by atoms with Crippen LogP contribution in [0.2, 0.25) is 0 Å². The summed E-state index contributed by atoms with van der Waals surface area (Å²) in [4.78, 5) is 12.3. The number of carbonyl (C=O) groups excluding carboxylic acids is 1. The van der Waals surface area contributed by atoms with Gasteiger partial charge in [0.1, 0.15) is 11.5 Å². The van der Waals surface area contributed by atoms with E-state index in [0.717, 1.165) is 11.3 Å². The maximum absolute atomic E-state index is 12.3. The van der Waals surface area contributed by atoms with Crippen LogP contribution in [0.15, 0.2) is 42.5 Å². The molecule has 6 heteroatoms. The highest BCUT2D eigenvalue weighted by molar-refractivity contribution is 7.80. The lowest BCUT2D eigenvalue weighted by molar-refractivity contribution is 0.0977. The number of thiocarbonyl (C=S) groups is 1. The van der Waals surface area contributed by atoms with Crippen molar-refractivity contribution in [2.45, 2.75) is 6.92 Å². The van der Waals surface area contributed by atoms with Gasteiger partial charge in [0.2, 0.25) is 0 Å². The van der Waals surface area contributed by atoms with Crippen molar-refractivity contribution in [3.8, 4) is 11.5 Å². The summed E-state index contributed by atoms with van der Waals surface area (Å²) in [6, 6.07) is 12.6. The number of nitrogens with one attached hydrogen (secondary N) is 2. The summed E-state index contributed by atoms with van der Waals surface area (Å²) in [6.45, 7) is 1.98. The van der Waals surface area contributed by atoms with E-state index < -0.39 is 0 Å². The van der Waals surface area contributed by atoms with E-state index in [1.54, 1.807) is 18.2 Å². The SMILES string of the molecule is COc1cc(OC)cc(C(=O)NC(=S)Nc2cccc(C)c2)c1. The minimum atomic E-state index is -0.340. The van der Waals surface area contributed by atoms with E-state index >= 15 is 0 Å². The Balaban J connectivity index is 2.07. The van der Waals surface area contributed by atoms with Gasteiger partial charge in [0.05, 0.1) is 14.2 Å². The first-order chi connectivity index (χ1) is 11.0. The molecule has 23 heavy (non-hydrogen) atoms. The molecule has 2 rings (SSSR count). The number of carbonyl (C=O) groups is 1. The van der Waals surface area contributed by atoms with Crippen LogP contribution in [0, 0.1) is 6.92 Å². The van der Waals surface area contributed by atoms with E-state index in [1.165, 1.54) is 14.2 Å². The average Bonchev–Trinajstić information content (AvgIpc) is 2.54. The molecule has 0 aliphatic rings. The first-order valence-electron chi connectivity index (χ1n) is 6.94. The number of benzene rings is 2. The summed E-state index contributed by atoms with van der Waals surface area (Å²) < 4.78 is 10.3. The number of methoxy groups -OCH3 is 2. The smallest absolute Gasteiger partial charge is 0.257 e. The van der Waals surface area contributed by atoms with Crippen LogP contribution < -0.4 is 20.1 Å². The Hall–Kier alpha value is -2.60. The Bertz CT molecular complexity index is 709. The predicted molar refractivity (Wildman–Crippen MR) is 94.4 cm³/mol. The van der Waals surface area contributed by atoms with Crippen molar-refractivity contribution in [1.29, 1.82) is 0 Å². The van der Waals surface area contributed by atoms with E-state index in [-0.39, 0.29) is 11.0 Å². The Morgan fingerprint density at radius 3 is 2.26 bits per heavy atom. The summed E-state index contributed by atoms with van der Waals surface area (Å²) >= 11 is 5.17. The fourth-order valence-corrected chi connectivity index (χ4v) is 2.21. The molecule has 0 unspecified atom stereocenters. The minimum absolute atomic E-state index is 0.224. The first-order valence-corrected chi connectivity index (χ1v) is 7.34. The molecule has 5 nitrogen and oxygen atoms in total. The third-order valence-electron chi connectivity index (χ3n) is 3.12. The van der Waals surface area contributed by atoms with Crippen molar-refractivity contribution in [2.24, 2.45) is 0 Å². The van der Waals surface area contributed by atoms with Crippen molar-refractivity contribution < 1.29 is 14.3 Å². The molecule has 1 amide bonds. The maximum Gasteiger partial charge on any atom is 0.257 e. The molecule has 0 spiro atoms. The average molecular weight is 330 g/mol.